The van der Waals surface area contributed by atoms with Gasteiger partial charge in [0, 0.05) is 17.2 Å². The predicted molar refractivity (Wildman–Crippen MR) is 92.8 cm³/mol. The van der Waals surface area contributed by atoms with Crippen LogP contribution in [0.5, 0.6) is 0 Å². The van der Waals surface area contributed by atoms with Gasteiger partial charge in [-0.15, -0.1) is 0 Å². The number of rotatable bonds is 5. The van der Waals surface area contributed by atoms with Crippen LogP contribution in [0.15, 0.2) is 41.0 Å². The number of carbonyl (C=O) groups excluding carboxylic acids is 1. The number of amides is 1. The van der Waals surface area contributed by atoms with Crippen LogP contribution in [0.4, 0.5) is 5.82 Å². The monoisotopic (exact) mass is 361 g/mol. The Morgan fingerprint density at radius 2 is 2.05 bits per heavy atom. The highest BCUT2D eigenvalue weighted by atomic mass is 79.9. The van der Waals surface area contributed by atoms with E-state index in [1.54, 1.807) is 12.3 Å². The first-order chi connectivity index (χ1) is 10.4. The van der Waals surface area contributed by atoms with Gasteiger partial charge in [0.05, 0.1) is 6.54 Å². The molecule has 2 aromatic rings. The fourth-order valence-corrected chi connectivity index (χ4v) is 2.43. The van der Waals surface area contributed by atoms with E-state index in [0.29, 0.717) is 12.4 Å². The van der Waals surface area contributed by atoms with E-state index in [2.05, 4.69) is 58.3 Å². The van der Waals surface area contributed by atoms with Crippen molar-refractivity contribution in [3.63, 3.8) is 0 Å². The molecule has 1 heterocycles. The van der Waals surface area contributed by atoms with Crippen molar-refractivity contribution >= 4 is 27.7 Å². The Morgan fingerprint density at radius 3 is 2.73 bits per heavy atom. The highest BCUT2D eigenvalue weighted by Gasteiger charge is 2.09. The summed E-state index contributed by atoms with van der Waals surface area (Å²) in [5, 5.41) is 2.80. The van der Waals surface area contributed by atoms with Crippen LogP contribution in [-0.2, 0) is 11.3 Å². The van der Waals surface area contributed by atoms with Crippen molar-refractivity contribution in [3.05, 3.63) is 57.7 Å². The first kappa shape index (κ1) is 16.6. The lowest BCUT2D eigenvalue weighted by Gasteiger charge is -2.18. The molecule has 0 unspecified atom stereocenters. The second-order valence-electron chi connectivity index (χ2n) is 5.51. The molecule has 0 spiro atoms. The third-order valence-electron chi connectivity index (χ3n) is 3.35. The first-order valence-corrected chi connectivity index (χ1v) is 7.89. The first-order valence-electron chi connectivity index (χ1n) is 7.10. The molecule has 0 saturated carbocycles. The van der Waals surface area contributed by atoms with Gasteiger partial charge in [0.2, 0.25) is 5.91 Å². The molecular weight excluding hydrogens is 342 g/mol. The largest absolute Gasteiger partial charge is 0.310 e. The zero-order chi connectivity index (χ0) is 16.1. The maximum absolute atomic E-state index is 12.0. The summed E-state index contributed by atoms with van der Waals surface area (Å²) in [6, 6.07) is 10.0. The van der Waals surface area contributed by atoms with Crippen molar-refractivity contribution in [2.24, 2.45) is 0 Å². The lowest BCUT2D eigenvalue weighted by atomic mass is 10.1. The SMILES string of the molecule is Cc1ccc(C)c(CN(C)CC(=O)Nc2ccc(Br)cn2)c1. The smallest absolute Gasteiger partial charge is 0.239 e. The molecule has 0 fully saturated rings. The number of carbonyl (C=O) groups is 1. The van der Waals surface area contributed by atoms with Crippen LogP contribution in [0.25, 0.3) is 0 Å². The van der Waals surface area contributed by atoms with E-state index in [0.717, 1.165) is 11.0 Å². The summed E-state index contributed by atoms with van der Waals surface area (Å²) in [5.74, 6) is 0.496. The predicted octanol–water partition coefficient (Wildman–Crippen LogP) is 3.53. The minimum Gasteiger partial charge on any atom is -0.310 e. The van der Waals surface area contributed by atoms with Crippen molar-refractivity contribution in [3.8, 4) is 0 Å². The number of pyridine rings is 1. The van der Waals surface area contributed by atoms with Crippen LogP contribution in [0, 0.1) is 13.8 Å². The van der Waals surface area contributed by atoms with E-state index in [1.807, 2.05) is 18.0 Å². The third kappa shape index (κ3) is 4.93. The molecule has 4 nitrogen and oxygen atoms in total. The second kappa shape index (κ2) is 7.51. The van der Waals surface area contributed by atoms with E-state index in [4.69, 9.17) is 0 Å². The van der Waals surface area contributed by atoms with Gasteiger partial charge in [-0.25, -0.2) is 4.98 Å². The molecule has 0 bridgehead atoms. The lowest BCUT2D eigenvalue weighted by Crippen LogP contribution is -2.30. The maximum atomic E-state index is 12.0. The van der Waals surface area contributed by atoms with Gasteiger partial charge in [-0.3, -0.25) is 9.69 Å². The number of nitrogens with one attached hydrogen (secondary N) is 1. The molecule has 1 aromatic carbocycles. The molecule has 0 atom stereocenters. The number of anilines is 1. The number of hydrogen-bond acceptors (Lipinski definition) is 3. The van der Waals surface area contributed by atoms with E-state index in [-0.39, 0.29) is 5.91 Å². The van der Waals surface area contributed by atoms with Gasteiger partial charge in [-0.2, -0.15) is 0 Å². The van der Waals surface area contributed by atoms with Crippen LogP contribution in [-0.4, -0.2) is 29.4 Å². The van der Waals surface area contributed by atoms with Crippen LogP contribution < -0.4 is 5.32 Å². The number of hydrogen-bond donors (Lipinski definition) is 1. The summed E-state index contributed by atoms with van der Waals surface area (Å²) in [6.45, 7) is 5.24. The number of aryl methyl sites for hydroxylation is 2. The molecule has 0 saturated heterocycles. The molecule has 0 aliphatic carbocycles. The second-order valence-corrected chi connectivity index (χ2v) is 6.43. The molecule has 22 heavy (non-hydrogen) atoms. The average Bonchev–Trinajstić information content (AvgIpc) is 2.45. The molecule has 1 N–H and O–H groups in total. The Balaban J connectivity index is 1.91. The summed E-state index contributed by atoms with van der Waals surface area (Å²) in [6.07, 6.45) is 1.66. The summed E-state index contributed by atoms with van der Waals surface area (Å²) >= 11 is 3.32. The summed E-state index contributed by atoms with van der Waals surface area (Å²) in [5.41, 5.74) is 3.72. The van der Waals surface area contributed by atoms with Crippen LogP contribution in [0.3, 0.4) is 0 Å². The van der Waals surface area contributed by atoms with Crippen molar-refractivity contribution in [1.29, 1.82) is 0 Å². The Hall–Kier alpha value is -1.72. The molecule has 5 heteroatoms. The van der Waals surface area contributed by atoms with Crippen LogP contribution in [0.1, 0.15) is 16.7 Å². The topological polar surface area (TPSA) is 45.2 Å². The molecule has 1 aromatic heterocycles. The molecule has 1 amide bonds. The Morgan fingerprint density at radius 1 is 1.27 bits per heavy atom. The van der Waals surface area contributed by atoms with Gasteiger partial charge in [0.1, 0.15) is 5.82 Å². The zero-order valence-corrected chi connectivity index (χ0v) is 14.6. The lowest BCUT2D eigenvalue weighted by molar-refractivity contribution is -0.117. The molecule has 2 rings (SSSR count). The van der Waals surface area contributed by atoms with E-state index in [9.17, 15) is 4.79 Å². The van der Waals surface area contributed by atoms with Gasteiger partial charge in [0.15, 0.2) is 0 Å². The van der Waals surface area contributed by atoms with Crippen molar-refractivity contribution in [1.82, 2.24) is 9.88 Å². The highest BCUT2D eigenvalue weighted by molar-refractivity contribution is 9.10. The number of benzene rings is 1. The highest BCUT2D eigenvalue weighted by Crippen LogP contribution is 2.13. The molecule has 116 valence electrons. The minimum absolute atomic E-state index is 0.0670. The number of aromatic nitrogens is 1. The Labute approximate surface area is 139 Å². The van der Waals surface area contributed by atoms with E-state index in [1.165, 1.54) is 16.7 Å². The molecular formula is C17H20BrN3O. The Kier molecular flexibility index (Phi) is 5.69. The molecule has 0 aliphatic rings. The minimum atomic E-state index is -0.0670. The Bertz CT molecular complexity index is 655. The maximum Gasteiger partial charge on any atom is 0.239 e. The van der Waals surface area contributed by atoms with Crippen molar-refractivity contribution in [2.45, 2.75) is 20.4 Å². The average molecular weight is 362 g/mol. The van der Waals surface area contributed by atoms with Crippen LogP contribution in [0.2, 0.25) is 0 Å². The van der Waals surface area contributed by atoms with Gasteiger partial charge in [-0.1, -0.05) is 23.8 Å². The van der Waals surface area contributed by atoms with Gasteiger partial charge in [-0.05, 0) is 60.1 Å². The summed E-state index contributed by atoms with van der Waals surface area (Å²) in [4.78, 5) is 18.2. The van der Waals surface area contributed by atoms with Crippen LogP contribution >= 0.6 is 15.9 Å². The van der Waals surface area contributed by atoms with Crippen molar-refractivity contribution in [2.75, 3.05) is 18.9 Å². The number of likely N-dealkylation sites (N-methyl/N-ethyl adjacent to an activating group) is 1. The summed E-state index contributed by atoms with van der Waals surface area (Å²) < 4.78 is 0.887. The van der Waals surface area contributed by atoms with E-state index >= 15 is 0 Å². The summed E-state index contributed by atoms with van der Waals surface area (Å²) in [7, 11) is 1.94. The molecule has 0 aliphatic heterocycles. The molecule has 0 radical (unpaired) electrons. The third-order valence-corrected chi connectivity index (χ3v) is 3.82. The fourth-order valence-electron chi connectivity index (χ4n) is 2.19. The zero-order valence-electron chi connectivity index (χ0n) is 13.1. The quantitative estimate of drug-likeness (QED) is 0.885. The van der Waals surface area contributed by atoms with Crippen molar-refractivity contribution < 1.29 is 4.79 Å². The number of nitrogens with zero attached hydrogens (tertiary/aromatic N) is 2. The van der Waals surface area contributed by atoms with Gasteiger partial charge < -0.3 is 5.32 Å². The number of halogens is 1. The van der Waals surface area contributed by atoms with Gasteiger partial charge >= 0.3 is 0 Å². The fraction of sp³-hybridized carbons (Fsp3) is 0.294. The van der Waals surface area contributed by atoms with E-state index < -0.39 is 0 Å². The standard InChI is InChI=1S/C17H20BrN3O/c1-12-4-5-13(2)14(8-12)10-21(3)11-17(22)20-16-7-6-15(18)9-19-16/h4-9H,10-11H2,1-3H3,(H,19,20,22). The normalized spacial score (nSPS) is 10.8. The van der Waals surface area contributed by atoms with Gasteiger partial charge in [0.25, 0.3) is 0 Å².